The van der Waals surface area contributed by atoms with Crippen LogP contribution in [0.25, 0.3) is 21.3 Å². The molecule has 0 spiro atoms. The first-order valence-corrected chi connectivity index (χ1v) is 15.2. The Hall–Kier alpha value is -4.42. The number of hydrogen-bond donors (Lipinski definition) is 2. The number of aromatic nitrogens is 4. The highest BCUT2D eigenvalue weighted by atomic mass is 32.1. The van der Waals surface area contributed by atoms with Gasteiger partial charge in [-0.2, -0.15) is 4.99 Å². The van der Waals surface area contributed by atoms with E-state index in [0.29, 0.717) is 46.3 Å². The van der Waals surface area contributed by atoms with Gasteiger partial charge in [0.15, 0.2) is 4.80 Å². The molecule has 0 saturated heterocycles. The van der Waals surface area contributed by atoms with Crippen LogP contribution in [0.4, 0.5) is 5.95 Å². The number of hydrogen-bond acceptors (Lipinski definition) is 8. The van der Waals surface area contributed by atoms with Crippen molar-refractivity contribution >= 4 is 68.0 Å². The Morgan fingerprint density at radius 2 is 1.81 bits per heavy atom. The highest BCUT2D eigenvalue weighted by molar-refractivity contribution is 7.16. The van der Waals surface area contributed by atoms with Crippen LogP contribution < -0.4 is 15.9 Å². The number of benzene rings is 2. The lowest BCUT2D eigenvalue weighted by molar-refractivity contribution is 0.0992. The number of aryl methyl sites for hydroxylation is 3. The fourth-order valence-corrected chi connectivity index (χ4v) is 6.92. The van der Waals surface area contributed by atoms with Crippen LogP contribution in [-0.4, -0.2) is 44.3 Å². The number of carbonyl (C=O) groups excluding carboxylic acids is 3. The number of allylic oxidation sites excluding steroid dienone is 2. The van der Waals surface area contributed by atoms with Crippen molar-refractivity contribution in [3.05, 3.63) is 79.6 Å². The summed E-state index contributed by atoms with van der Waals surface area (Å²) in [5.74, 6) is -0.145. The maximum Gasteiger partial charge on any atom is 0.291 e. The van der Waals surface area contributed by atoms with Gasteiger partial charge in [0.2, 0.25) is 11.9 Å². The average molecular weight is 602 g/mol. The summed E-state index contributed by atoms with van der Waals surface area (Å²) in [6.07, 6.45) is 6.31. The molecule has 0 atom stereocenters. The van der Waals surface area contributed by atoms with E-state index in [2.05, 4.69) is 26.8 Å². The number of carbonyl (C=O) groups is 3. The zero-order valence-electron chi connectivity index (χ0n) is 23.8. The Bertz CT molecular complexity index is 1940. The van der Waals surface area contributed by atoms with Gasteiger partial charge in [-0.15, -0.1) is 11.3 Å². The predicted octanol–water partition coefficient (Wildman–Crippen LogP) is 4.89. The summed E-state index contributed by atoms with van der Waals surface area (Å²) in [6.45, 7) is 6.89. The second-order valence-electron chi connectivity index (χ2n) is 9.61. The molecule has 0 unspecified atom stereocenters. The molecular formula is C30H31N7O3S2. The molecule has 0 radical (unpaired) electrons. The van der Waals surface area contributed by atoms with E-state index < -0.39 is 5.91 Å². The van der Waals surface area contributed by atoms with Crippen molar-refractivity contribution < 1.29 is 14.4 Å². The lowest BCUT2D eigenvalue weighted by Gasteiger charge is -2.09. The van der Waals surface area contributed by atoms with E-state index in [1.807, 2.05) is 49.7 Å². The van der Waals surface area contributed by atoms with Gasteiger partial charge in [-0.1, -0.05) is 37.3 Å². The number of nitrogens with zero attached hydrogens (tertiary/aromatic N) is 5. The number of nitrogens with one attached hydrogen (secondary N) is 1. The van der Waals surface area contributed by atoms with E-state index in [1.54, 1.807) is 18.2 Å². The molecule has 3 heterocycles. The molecule has 3 aromatic heterocycles. The van der Waals surface area contributed by atoms with Crippen LogP contribution in [-0.2, 0) is 25.9 Å². The van der Waals surface area contributed by atoms with E-state index in [0.717, 1.165) is 50.2 Å². The number of rotatable bonds is 10. The van der Waals surface area contributed by atoms with E-state index in [1.165, 1.54) is 22.7 Å². The molecular weight excluding hydrogens is 571 g/mol. The zero-order valence-corrected chi connectivity index (χ0v) is 25.4. The molecule has 0 fully saturated rings. The molecule has 0 saturated carbocycles. The summed E-state index contributed by atoms with van der Waals surface area (Å²) in [7, 11) is 1.82. The molecule has 3 N–H and O–H groups in total. The summed E-state index contributed by atoms with van der Waals surface area (Å²) >= 11 is 2.68. The molecule has 12 heteroatoms. The monoisotopic (exact) mass is 601 g/mol. The third-order valence-electron chi connectivity index (χ3n) is 6.92. The zero-order chi connectivity index (χ0) is 30.0. The van der Waals surface area contributed by atoms with E-state index in [-0.39, 0.29) is 5.91 Å². The number of thiazole rings is 2. The van der Waals surface area contributed by atoms with Gasteiger partial charge in [-0.25, -0.2) is 9.97 Å². The van der Waals surface area contributed by atoms with E-state index in [9.17, 15) is 14.4 Å². The Balaban J connectivity index is 1.52. The molecule has 0 aliphatic rings. The molecule has 0 aliphatic heterocycles. The number of imidazole rings is 1. The summed E-state index contributed by atoms with van der Waals surface area (Å²) < 4.78 is 4.85. The van der Waals surface area contributed by atoms with Crippen LogP contribution in [0.5, 0.6) is 0 Å². The minimum absolute atomic E-state index is 0.331. The van der Waals surface area contributed by atoms with Crippen molar-refractivity contribution in [3.63, 3.8) is 0 Å². The molecule has 0 aliphatic carbocycles. The van der Waals surface area contributed by atoms with Crippen molar-refractivity contribution in [3.8, 4) is 0 Å². The average Bonchev–Trinajstić information content (AvgIpc) is 3.66. The van der Waals surface area contributed by atoms with Gasteiger partial charge >= 0.3 is 0 Å². The van der Waals surface area contributed by atoms with E-state index >= 15 is 0 Å². The van der Waals surface area contributed by atoms with Crippen LogP contribution in [0.1, 0.15) is 60.5 Å². The topological polar surface area (TPSA) is 137 Å². The number of anilines is 1. The van der Waals surface area contributed by atoms with Gasteiger partial charge in [0.25, 0.3) is 5.91 Å². The quantitative estimate of drug-likeness (QED) is 0.173. The van der Waals surface area contributed by atoms with Gasteiger partial charge in [-0.05, 0) is 55.7 Å². The maximum atomic E-state index is 13.3. The first kappa shape index (κ1) is 29.1. The van der Waals surface area contributed by atoms with Crippen LogP contribution in [0, 0.1) is 6.92 Å². The Morgan fingerprint density at radius 1 is 1.05 bits per heavy atom. The molecule has 5 aromatic rings. The molecule has 0 bridgehead atoms. The van der Waals surface area contributed by atoms with Crippen LogP contribution >= 0.6 is 22.7 Å². The molecule has 2 aromatic carbocycles. The van der Waals surface area contributed by atoms with Gasteiger partial charge in [0.1, 0.15) is 11.2 Å². The fraction of sp³-hybridized carbons (Fsp3) is 0.267. The molecule has 216 valence electrons. The molecule has 5 rings (SSSR count). The van der Waals surface area contributed by atoms with Crippen molar-refractivity contribution in [2.24, 2.45) is 10.7 Å². The smallest absolute Gasteiger partial charge is 0.291 e. The summed E-state index contributed by atoms with van der Waals surface area (Å²) in [4.78, 5) is 51.3. The van der Waals surface area contributed by atoms with Crippen molar-refractivity contribution in [1.29, 1.82) is 0 Å². The Kier molecular flexibility index (Phi) is 8.46. The first-order chi connectivity index (χ1) is 20.3. The standard InChI is InChI=1S/C30H31N7O3S2/c1-5-19-13-18(16-38)14-22-25(19)37(29(32-4)34-22)12-8-7-11-36-23-10-9-20(27(31)39)15-24(23)42-30(36)35-28(40)26-21(6-2)33-17(3)41-26/h7-10,13-16H,5-6,11-12H2,1-4H3,(H2,31,39)(H,32,34)/b8-7+,35-30?. The van der Waals surface area contributed by atoms with Gasteiger partial charge in [0, 0.05) is 31.3 Å². The second-order valence-corrected chi connectivity index (χ2v) is 11.8. The summed E-state index contributed by atoms with van der Waals surface area (Å²) in [5.41, 5.74) is 10.9. The van der Waals surface area contributed by atoms with Crippen LogP contribution in [0.15, 0.2) is 47.5 Å². The normalized spacial score (nSPS) is 12.1. The minimum Gasteiger partial charge on any atom is -0.366 e. The minimum atomic E-state index is -0.515. The number of fused-ring (bicyclic) bond motifs is 2. The van der Waals surface area contributed by atoms with Crippen LogP contribution in [0.2, 0.25) is 0 Å². The van der Waals surface area contributed by atoms with Gasteiger partial charge < -0.3 is 20.2 Å². The highest BCUT2D eigenvalue weighted by Crippen LogP contribution is 2.26. The third kappa shape index (κ3) is 5.55. The SMILES string of the molecule is CCc1nc(C)sc1C(=O)N=c1sc2cc(C(N)=O)ccc2n1C/C=C/Cn1c(NC)nc2cc(C=O)cc(CC)c21. The number of aldehydes is 1. The third-order valence-corrected chi connectivity index (χ3v) is 8.97. The Labute approximate surface area is 250 Å². The van der Waals surface area contributed by atoms with Crippen molar-refractivity contribution in [2.45, 2.75) is 46.7 Å². The molecule has 2 amide bonds. The first-order valence-electron chi connectivity index (χ1n) is 13.6. The summed E-state index contributed by atoms with van der Waals surface area (Å²) in [5, 5.41) is 3.98. The lowest BCUT2D eigenvalue weighted by Crippen LogP contribution is -2.16. The lowest BCUT2D eigenvalue weighted by atomic mass is 10.1. The van der Waals surface area contributed by atoms with Gasteiger partial charge in [-0.3, -0.25) is 14.4 Å². The second kappa shape index (κ2) is 12.2. The van der Waals surface area contributed by atoms with Gasteiger partial charge in [0.05, 0.1) is 32.0 Å². The van der Waals surface area contributed by atoms with E-state index in [4.69, 9.17) is 10.7 Å². The number of amides is 2. The number of nitrogens with two attached hydrogens (primary N) is 1. The number of primary amides is 1. The summed E-state index contributed by atoms with van der Waals surface area (Å²) in [6, 6.07) is 8.95. The maximum absolute atomic E-state index is 13.3. The predicted molar refractivity (Wildman–Crippen MR) is 168 cm³/mol. The van der Waals surface area contributed by atoms with Crippen LogP contribution in [0.3, 0.4) is 0 Å². The molecule has 42 heavy (non-hydrogen) atoms. The fourth-order valence-electron chi connectivity index (χ4n) is 4.95. The molecule has 10 nitrogen and oxygen atoms in total. The van der Waals surface area contributed by atoms with Crippen molar-refractivity contribution in [2.75, 3.05) is 12.4 Å². The largest absolute Gasteiger partial charge is 0.366 e. The van der Waals surface area contributed by atoms with Crippen molar-refractivity contribution in [1.82, 2.24) is 19.1 Å². The Morgan fingerprint density at radius 3 is 2.48 bits per heavy atom. The highest BCUT2D eigenvalue weighted by Gasteiger charge is 2.17.